The Kier molecular flexibility index (Phi) is 5.73. The number of benzene rings is 1. The molecule has 1 amide bonds. The summed E-state index contributed by atoms with van der Waals surface area (Å²) >= 11 is 1.54. The molecule has 0 bridgehead atoms. The minimum absolute atomic E-state index is 0.0391. The number of hydrogen-bond donors (Lipinski definition) is 0. The summed E-state index contributed by atoms with van der Waals surface area (Å²) in [7, 11) is 1.86. The second-order valence-corrected chi connectivity index (χ2v) is 9.45. The van der Waals surface area contributed by atoms with Gasteiger partial charge in [-0.15, -0.1) is 11.3 Å². The van der Waals surface area contributed by atoms with Gasteiger partial charge in [0.25, 0.3) is 5.91 Å². The van der Waals surface area contributed by atoms with Crippen LogP contribution in [0.1, 0.15) is 36.1 Å². The molecule has 0 N–H and O–H groups in total. The molecule has 2 aromatic heterocycles. The first-order valence-corrected chi connectivity index (χ1v) is 11.4. The Morgan fingerprint density at radius 2 is 2.13 bits per heavy atom. The van der Waals surface area contributed by atoms with Crippen LogP contribution in [0.15, 0.2) is 30.3 Å². The first-order chi connectivity index (χ1) is 14.4. The second kappa shape index (κ2) is 8.30. The number of anilines is 1. The van der Waals surface area contributed by atoms with Crippen LogP contribution in [0.25, 0.3) is 10.2 Å². The molecule has 0 aliphatic carbocycles. The van der Waals surface area contributed by atoms with Crippen LogP contribution in [0.2, 0.25) is 0 Å². The number of nitrogens with zero attached hydrogens (tertiary/aromatic N) is 4. The van der Waals surface area contributed by atoms with E-state index < -0.39 is 0 Å². The number of carbonyl (C=O) groups is 1. The Hall–Kier alpha value is -2.54. The Labute approximate surface area is 182 Å². The fraction of sp³-hybridized carbons (Fsp3) is 0.478. The van der Waals surface area contributed by atoms with Crippen molar-refractivity contribution in [3.05, 3.63) is 40.9 Å². The van der Waals surface area contributed by atoms with E-state index >= 15 is 0 Å². The lowest BCUT2D eigenvalue weighted by molar-refractivity contribution is 0.0714. The number of amides is 1. The third kappa shape index (κ3) is 3.90. The maximum atomic E-state index is 13.2. The zero-order chi connectivity index (χ0) is 21.4. The third-order valence-corrected chi connectivity index (χ3v) is 6.62. The fourth-order valence-electron chi connectivity index (χ4n) is 4.04. The fourth-order valence-corrected chi connectivity index (χ4v) is 5.20. The minimum Gasteiger partial charge on any atom is -0.485 e. The van der Waals surface area contributed by atoms with E-state index in [-0.39, 0.29) is 12.0 Å². The molecule has 1 aliphatic rings. The summed E-state index contributed by atoms with van der Waals surface area (Å²) in [5.41, 5.74) is 2.11. The zero-order valence-electron chi connectivity index (χ0n) is 18.4. The molecule has 6 nitrogen and oxygen atoms in total. The van der Waals surface area contributed by atoms with Crippen molar-refractivity contribution in [3.8, 4) is 5.75 Å². The number of likely N-dealkylation sites (N-methyl/N-ethyl adjacent to an activating group) is 2. The summed E-state index contributed by atoms with van der Waals surface area (Å²) in [6, 6.07) is 10.1. The highest BCUT2D eigenvalue weighted by Crippen LogP contribution is 2.33. The van der Waals surface area contributed by atoms with Gasteiger partial charge >= 0.3 is 0 Å². The van der Waals surface area contributed by atoms with Crippen molar-refractivity contribution < 1.29 is 9.53 Å². The van der Waals surface area contributed by atoms with Gasteiger partial charge < -0.3 is 14.5 Å². The van der Waals surface area contributed by atoms with Crippen molar-refractivity contribution in [3.63, 3.8) is 0 Å². The summed E-state index contributed by atoms with van der Waals surface area (Å²) in [6.07, 6.45) is -0.0543. The molecular formula is C23H30N4O2S. The largest absolute Gasteiger partial charge is 0.485 e. The predicted octanol–water partition coefficient (Wildman–Crippen LogP) is 4.42. The van der Waals surface area contributed by atoms with Crippen LogP contribution in [-0.4, -0.2) is 53.4 Å². The van der Waals surface area contributed by atoms with Crippen molar-refractivity contribution in [2.24, 2.45) is 5.92 Å². The first-order valence-electron chi connectivity index (χ1n) is 10.6. The van der Waals surface area contributed by atoms with Crippen LogP contribution in [0.5, 0.6) is 5.75 Å². The third-order valence-electron chi connectivity index (χ3n) is 5.49. The summed E-state index contributed by atoms with van der Waals surface area (Å²) in [6.45, 7) is 11.6. The van der Waals surface area contributed by atoms with Crippen molar-refractivity contribution in [2.75, 3.05) is 31.6 Å². The molecule has 3 heterocycles. The quantitative estimate of drug-likeness (QED) is 0.585. The van der Waals surface area contributed by atoms with E-state index in [9.17, 15) is 4.79 Å². The van der Waals surface area contributed by atoms with Gasteiger partial charge in [-0.1, -0.05) is 26.0 Å². The highest BCUT2D eigenvalue weighted by molar-refractivity contribution is 7.20. The molecule has 4 rings (SSSR count). The van der Waals surface area contributed by atoms with E-state index in [1.807, 2.05) is 42.9 Å². The molecule has 0 radical (unpaired) electrons. The monoisotopic (exact) mass is 426 g/mol. The van der Waals surface area contributed by atoms with Crippen molar-refractivity contribution >= 4 is 33.1 Å². The van der Waals surface area contributed by atoms with Crippen LogP contribution in [0, 0.1) is 12.8 Å². The van der Waals surface area contributed by atoms with Gasteiger partial charge in [-0.3, -0.25) is 9.48 Å². The van der Waals surface area contributed by atoms with Crippen molar-refractivity contribution in [1.82, 2.24) is 14.7 Å². The van der Waals surface area contributed by atoms with Gasteiger partial charge in [-0.05, 0) is 38.0 Å². The Morgan fingerprint density at radius 1 is 1.37 bits per heavy atom. The molecule has 160 valence electrons. The number of thiophene rings is 1. The lowest BCUT2D eigenvalue weighted by atomic mass is 10.2. The number of hydrogen-bond acceptors (Lipinski definition) is 5. The van der Waals surface area contributed by atoms with Crippen LogP contribution in [0.3, 0.4) is 0 Å². The highest BCUT2D eigenvalue weighted by Gasteiger charge is 2.28. The Balaban J connectivity index is 1.50. The second-order valence-electron chi connectivity index (χ2n) is 8.42. The summed E-state index contributed by atoms with van der Waals surface area (Å²) in [5, 5.41) is 5.73. The molecular weight excluding hydrogens is 396 g/mol. The SMILES string of the molecule is CCN1C[C@H](CN(C)C(=O)c2cc3c(C)nn(CC(C)C)c3s2)Oc2ccccc21. The topological polar surface area (TPSA) is 50.6 Å². The molecule has 0 fully saturated rings. The van der Waals surface area contributed by atoms with Crippen LogP contribution in [0.4, 0.5) is 5.69 Å². The number of aryl methyl sites for hydroxylation is 1. The molecule has 1 aliphatic heterocycles. The van der Waals surface area contributed by atoms with E-state index in [0.29, 0.717) is 12.5 Å². The molecule has 30 heavy (non-hydrogen) atoms. The van der Waals surface area contributed by atoms with E-state index in [0.717, 1.165) is 51.9 Å². The first kappa shape index (κ1) is 20.7. The van der Waals surface area contributed by atoms with Gasteiger partial charge in [-0.25, -0.2) is 0 Å². The van der Waals surface area contributed by atoms with E-state index in [2.05, 4.69) is 36.8 Å². The number of rotatable bonds is 6. The average Bonchev–Trinajstić information content (AvgIpc) is 3.27. The van der Waals surface area contributed by atoms with Crippen molar-refractivity contribution in [1.29, 1.82) is 0 Å². The highest BCUT2D eigenvalue weighted by atomic mass is 32.1. The van der Waals surface area contributed by atoms with Gasteiger partial charge in [-0.2, -0.15) is 5.10 Å². The normalized spacial score (nSPS) is 16.1. The van der Waals surface area contributed by atoms with Gasteiger partial charge in [0.15, 0.2) is 0 Å². The van der Waals surface area contributed by atoms with Gasteiger partial charge in [0.05, 0.1) is 29.3 Å². The molecule has 7 heteroatoms. The van der Waals surface area contributed by atoms with E-state index in [1.165, 1.54) is 11.3 Å². The van der Waals surface area contributed by atoms with Crippen molar-refractivity contribution in [2.45, 2.75) is 40.3 Å². The standard InChI is InChI=1S/C23H30N4O2S/c1-6-26-14-17(29-20-10-8-7-9-19(20)26)13-25(5)22(28)21-11-18-16(4)24-27(12-15(2)3)23(18)30-21/h7-11,15,17H,6,12-14H2,1-5H3/t17-/m0/s1. The molecule has 1 atom stereocenters. The van der Waals surface area contributed by atoms with Gasteiger partial charge in [0.2, 0.25) is 0 Å². The summed E-state index contributed by atoms with van der Waals surface area (Å²) in [4.78, 5) is 19.1. The maximum absolute atomic E-state index is 13.2. The molecule has 3 aromatic rings. The van der Waals surface area contributed by atoms with E-state index in [1.54, 1.807) is 4.90 Å². The Morgan fingerprint density at radius 3 is 2.87 bits per heavy atom. The summed E-state index contributed by atoms with van der Waals surface area (Å²) < 4.78 is 8.24. The Bertz CT molecular complexity index is 1050. The molecule has 0 saturated heterocycles. The number of para-hydroxylation sites is 2. The molecule has 0 unspecified atom stereocenters. The lowest BCUT2D eigenvalue weighted by Crippen LogP contribution is -2.46. The van der Waals surface area contributed by atoms with Crippen LogP contribution >= 0.6 is 11.3 Å². The molecule has 0 saturated carbocycles. The lowest BCUT2D eigenvalue weighted by Gasteiger charge is -2.37. The van der Waals surface area contributed by atoms with Gasteiger partial charge in [0, 0.05) is 25.5 Å². The average molecular weight is 427 g/mol. The van der Waals surface area contributed by atoms with E-state index in [4.69, 9.17) is 4.74 Å². The van der Waals surface area contributed by atoms with Crippen LogP contribution < -0.4 is 9.64 Å². The molecule has 0 spiro atoms. The number of aromatic nitrogens is 2. The minimum atomic E-state index is -0.0543. The maximum Gasteiger partial charge on any atom is 0.263 e. The number of fused-ring (bicyclic) bond motifs is 2. The zero-order valence-corrected chi connectivity index (χ0v) is 19.2. The van der Waals surface area contributed by atoms with Gasteiger partial charge in [0.1, 0.15) is 16.7 Å². The van der Waals surface area contributed by atoms with Crippen LogP contribution in [-0.2, 0) is 6.54 Å². The smallest absolute Gasteiger partial charge is 0.263 e. The molecule has 1 aromatic carbocycles. The number of carbonyl (C=O) groups excluding carboxylic acids is 1. The predicted molar refractivity (Wildman–Crippen MR) is 123 cm³/mol. The summed E-state index contributed by atoms with van der Waals surface area (Å²) in [5.74, 6) is 1.43. The number of ether oxygens (including phenoxy) is 1.